The largest absolute Gasteiger partial charge is 0.338 e. The first-order valence-electron chi connectivity index (χ1n) is 7.20. The second-order valence-corrected chi connectivity index (χ2v) is 5.63. The van der Waals surface area contributed by atoms with E-state index in [1.54, 1.807) is 6.20 Å². The van der Waals surface area contributed by atoms with Crippen molar-refractivity contribution in [1.29, 1.82) is 0 Å². The molecule has 2 amide bonds. The van der Waals surface area contributed by atoms with E-state index in [4.69, 9.17) is 0 Å². The summed E-state index contributed by atoms with van der Waals surface area (Å²) in [6, 6.07) is 5.80. The number of carbonyl (C=O) groups excluding carboxylic acids is 1. The van der Waals surface area contributed by atoms with Gasteiger partial charge < -0.3 is 10.2 Å². The minimum Gasteiger partial charge on any atom is -0.338 e. The lowest BCUT2D eigenvalue weighted by atomic mass is 10.1. The second kappa shape index (κ2) is 5.16. The van der Waals surface area contributed by atoms with Crippen molar-refractivity contribution in [2.24, 2.45) is 11.3 Å². The van der Waals surface area contributed by atoms with E-state index >= 15 is 0 Å². The fourth-order valence-electron chi connectivity index (χ4n) is 2.80. The molecule has 0 spiro atoms. The molecule has 1 saturated carbocycles. The number of carbonyl (C=O) groups is 1. The smallest absolute Gasteiger partial charge is 0.317 e. The standard InChI is InChI=1S/C16H19N3O/c1-2-8-18-15(20)19-11-13-10-16(13,12-19)7-6-14-5-3-4-9-17-14/h3-5,9,13H,2,8,10-12H2,1H3,(H,18,20)/t13-,16+/m1/s1. The van der Waals surface area contributed by atoms with Crippen molar-refractivity contribution in [2.45, 2.75) is 19.8 Å². The normalized spacial score (nSPS) is 26.4. The summed E-state index contributed by atoms with van der Waals surface area (Å²) in [5.41, 5.74) is 0.836. The van der Waals surface area contributed by atoms with Crippen LogP contribution in [0.3, 0.4) is 0 Å². The van der Waals surface area contributed by atoms with Crippen molar-refractivity contribution in [3.05, 3.63) is 30.1 Å². The van der Waals surface area contributed by atoms with Gasteiger partial charge in [-0.05, 0) is 36.8 Å². The van der Waals surface area contributed by atoms with Crippen LogP contribution in [0.5, 0.6) is 0 Å². The summed E-state index contributed by atoms with van der Waals surface area (Å²) in [5, 5.41) is 2.93. The van der Waals surface area contributed by atoms with Crippen molar-refractivity contribution < 1.29 is 4.79 Å². The van der Waals surface area contributed by atoms with Gasteiger partial charge in [0.15, 0.2) is 0 Å². The fourth-order valence-corrected chi connectivity index (χ4v) is 2.80. The maximum atomic E-state index is 11.9. The molecule has 104 valence electrons. The summed E-state index contributed by atoms with van der Waals surface area (Å²) in [6.07, 6.45) is 3.84. The Morgan fingerprint density at radius 3 is 3.25 bits per heavy atom. The summed E-state index contributed by atoms with van der Waals surface area (Å²) < 4.78 is 0. The highest BCUT2D eigenvalue weighted by atomic mass is 16.2. The van der Waals surface area contributed by atoms with Gasteiger partial charge in [-0.2, -0.15) is 0 Å². The third kappa shape index (κ3) is 2.49. The number of fused-ring (bicyclic) bond motifs is 1. The number of likely N-dealkylation sites (tertiary alicyclic amines) is 1. The van der Waals surface area contributed by atoms with Gasteiger partial charge in [0.25, 0.3) is 0 Å². The molecule has 2 atom stereocenters. The topological polar surface area (TPSA) is 45.2 Å². The lowest BCUT2D eigenvalue weighted by Gasteiger charge is -2.19. The molecule has 2 aliphatic rings. The van der Waals surface area contributed by atoms with E-state index in [1.807, 2.05) is 23.1 Å². The fraction of sp³-hybridized carbons (Fsp3) is 0.500. The van der Waals surface area contributed by atoms with Crippen molar-refractivity contribution in [1.82, 2.24) is 15.2 Å². The van der Waals surface area contributed by atoms with E-state index in [0.717, 1.165) is 38.2 Å². The number of urea groups is 1. The van der Waals surface area contributed by atoms with Crippen LogP contribution in [0.2, 0.25) is 0 Å². The van der Waals surface area contributed by atoms with Crippen LogP contribution < -0.4 is 5.32 Å². The number of hydrogen-bond acceptors (Lipinski definition) is 2. The van der Waals surface area contributed by atoms with Crippen LogP contribution in [-0.4, -0.2) is 35.5 Å². The molecule has 4 heteroatoms. The molecule has 1 aromatic heterocycles. The van der Waals surface area contributed by atoms with Crippen molar-refractivity contribution in [3.63, 3.8) is 0 Å². The molecule has 1 N–H and O–H groups in total. The average Bonchev–Trinajstić information content (AvgIpc) is 3.05. The second-order valence-electron chi connectivity index (χ2n) is 5.63. The summed E-state index contributed by atoms with van der Waals surface area (Å²) in [5.74, 6) is 7.05. The maximum absolute atomic E-state index is 11.9. The van der Waals surface area contributed by atoms with E-state index in [9.17, 15) is 4.79 Å². The molecule has 0 aromatic carbocycles. The molecule has 1 aliphatic carbocycles. The minimum atomic E-state index is 0.0288. The van der Waals surface area contributed by atoms with Gasteiger partial charge in [0.1, 0.15) is 5.69 Å². The van der Waals surface area contributed by atoms with Crippen LogP contribution in [0.4, 0.5) is 4.79 Å². The van der Waals surface area contributed by atoms with Gasteiger partial charge >= 0.3 is 6.03 Å². The molecular formula is C16H19N3O. The Kier molecular flexibility index (Phi) is 3.35. The molecule has 2 heterocycles. The average molecular weight is 269 g/mol. The zero-order valence-corrected chi connectivity index (χ0v) is 11.7. The van der Waals surface area contributed by atoms with Gasteiger partial charge in [0.2, 0.25) is 0 Å². The predicted octanol–water partition coefficient (Wildman–Crippen LogP) is 1.87. The van der Waals surface area contributed by atoms with Gasteiger partial charge in [-0.3, -0.25) is 0 Å². The van der Waals surface area contributed by atoms with Crippen LogP contribution in [-0.2, 0) is 0 Å². The summed E-state index contributed by atoms with van der Waals surface area (Å²) in [6.45, 7) is 4.40. The van der Waals surface area contributed by atoms with E-state index < -0.39 is 0 Å². The summed E-state index contributed by atoms with van der Waals surface area (Å²) in [4.78, 5) is 18.1. The Balaban J connectivity index is 1.63. The van der Waals surface area contributed by atoms with Crippen LogP contribution in [0.15, 0.2) is 24.4 Å². The number of amides is 2. The van der Waals surface area contributed by atoms with Crippen LogP contribution >= 0.6 is 0 Å². The van der Waals surface area contributed by atoms with Crippen LogP contribution in [0, 0.1) is 23.2 Å². The van der Waals surface area contributed by atoms with E-state index in [2.05, 4.69) is 29.1 Å². The Labute approximate surface area is 119 Å². The molecule has 3 rings (SSSR count). The quantitative estimate of drug-likeness (QED) is 0.833. The van der Waals surface area contributed by atoms with Crippen molar-refractivity contribution in [3.8, 4) is 11.8 Å². The zero-order chi connectivity index (χ0) is 14.0. The SMILES string of the molecule is CCCNC(=O)N1C[C@H]2C[C@@]2(C#Cc2ccccn2)C1. The van der Waals surface area contributed by atoms with Crippen molar-refractivity contribution >= 4 is 6.03 Å². The monoisotopic (exact) mass is 269 g/mol. The molecule has 0 unspecified atom stereocenters. The molecule has 1 aromatic rings. The lowest BCUT2D eigenvalue weighted by molar-refractivity contribution is 0.202. The number of hydrogen-bond donors (Lipinski definition) is 1. The predicted molar refractivity (Wildman–Crippen MR) is 76.9 cm³/mol. The molecule has 0 bridgehead atoms. The van der Waals surface area contributed by atoms with Gasteiger partial charge in [-0.1, -0.05) is 18.9 Å². The van der Waals surface area contributed by atoms with Crippen molar-refractivity contribution in [2.75, 3.05) is 19.6 Å². The molecule has 20 heavy (non-hydrogen) atoms. The third-order valence-electron chi connectivity index (χ3n) is 4.06. The Morgan fingerprint density at radius 2 is 2.50 bits per heavy atom. The van der Waals surface area contributed by atoms with Gasteiger partial charge in [0.05, 0.1) is 5.41 Å². The molecular weight excluding hydrogens is 250 g/mol. The molecule has 1 saturated heterocycles. The Bertz CT molecular complexity index is 560. The number of rotatable bonds is 2. The molecule has 2 fully saturated rings. The first-order valence-corrected chi connectivity index (χ1v) is 7.20. The molecule has 4 nitrogen and oxygen atoms in total. The third-order valence-corrected chi connectivity index (χ3v) is 4.06. The highest BCUT2D eigenvalue weighted by Gasteiger charge is 2.60. The number of pyridine rings is 1. The summed E-state index contributed by atoms with van der Waals surface area (Å²) in [7, 11) is 0. The lowest BCUT2D eigenvalue weighted by Crippen LogP contribution is -2.40. The minimum absolute atomic E-state index is 0.0288. The highest BCUT2D eigenvalue weighted by Crippen LogP contribution is 2.57. The van der Waals surface area contributed by atoms with Crippen LogP contribution in [0.25, 0.3) is 0 Å². The number of nitrogens with zero attached hydrogens (tertiary/aromatic N) is 2. The number of nitrogens with one attached hydrogen (secondary N) is 1. The molecule has 0 radical (unpaired) electrons. The van der Waals surface area contributed by atoms with Gasteiger partial charge in [0, 0.05) is 25.8 Å². The van der Waals surface area contributed by atoms with E-state index in [1.165, 1.54) is 0 Å². The summed E-state index contributed by atoms with van der Waals surface area (Å²) >= 11 is 0. The van der Waals surface area contributed by atoms with Gasteiger partial charge in [-0.15, -0.1) is 0 Å². The van der Waals surface area contributed by atoms with Crippen LogP contribution in [0.1, 0.15) is 25.5 Å². The van der Waals surface area contributed by atoms with E-state index in [-0.39, 0.29) is 11.4 Å². The number of aromatic nitrogens is 1. The Morgan fingerprint density at radius 1 is 1.60 bits per heavy atom. The first-order chi connectivity index (χ1) is 9.73. The zero-order valence-electron chi connectivity index (χ0n) is 11.7. The van der Waals surface area contributed by atoms with Gasteiger partial charge in [-0.25, -0.2) is 9.78 Å². The Hall–Kier alpha value is -2.02. The first kappa shape index (κ1) is 13.0. The highest BCUT2D eigenvalue weighted by molar-refractivity contribution is 5.75. The molecule has 1 aliphatic heterocycles. The maximum Gasteiger partial charge on any atom is 0.317 e. The number of piperidine rings is 1. The van der Waals surface area contributed by atoms with E-state index in [0.29, 0.717) is 5.92 Å².